The van der Waals surface area contributed by atoms with Crippen LogP contribution >= 0.6 is 11.3 Å². The SMILES string of the molecule is O=C(NCc1cccs1)c1ccccc1CN1C(=O)C2(COc3cc4c(cc32)OCO4)c2ccccc21. The topological polar surface area (TPSA) is 77.1 Å². The molecule has 1 N–H and O–H groups in total. The molecule has 7 rings (SSSR count). The van der Waals surface area contributed by atoms with E-state index in [-0.39, 0.29) is 31.8 Å². The summed E-state index contributed by atoms with van der Waals surface area (Å²) in [4.78, 5) is 30.3. The van der Waals surface area contributed by atoms with E-state index in [2.05, 4.69) is 5.32 Å². The fourth-order valence-electron chi connectivity index (χ4n) is 5.45. The summed E-state index contributed by atoms with van der Waals surface area (Å²) in [5, 5.41) is 4.99. The van der Waals surface area contributed by atoms with Crippen LogP contribution in [0.15, 0.2) is 78.2 Å². The molecule has 1 unspecified atom stereocenters. The van der Waals surface area contributed by atoms with Crippen molar-refractivity contribution < 1.29 is 23.8 Å². The molecule has 3 aliphatic heterocycles. The third kappa shape index (κ3) is 3.33. The second-order valence-electron chi connectivity index (χ2n) is 9.22. The van der Waals surface area contributed by atoms with Crippen LogP contribution in [0.3, 0.4) is 0 Å². The molecule has 0 saturated carbocycles. The summed E-state index contributed by atoms with van der Waals surface area (Å²) in [6.45, 7) is 1.07. The number of rotatable bonds is 5. The van der Waals surface area contributed by atoms with Crippen molar-refractivity contribution in [2.75, 3.05) is 18.3 Å². The van der Waals surface area contributed by atoms with Gasteiger partial charge < -0.3 is 24.4 Å². The van der Waals surface area contributed by atoms with Gasteiger partial charge in [0.2, 0.25) is 12.7 Å². The van der Waals surface area contributed by atoms with Crippen LogP contribution in [0.5, 0.6) is 17.2 Å². The minimum atomic E-state index is -0.983. The van der Waals surface area contributed by atoms with Crippen molar-refractivity contribution in [1.29, 1.82) is 0 Å². The lowest BCUT2D eigenvalue weighted by Crippen LogP contribution is -2.42. The van der Waals surface area contributed by atoms with Crippen LogP contribution < -0.4 is 24.4 Å². The third-order valence-corrected chi connectivity index (χ3v) is 8.11. The summed E-state index contributed by atoms with van der Waals surface area (Å²) in [7, 11) is 0. The molecule has 2 amide bonds. The Labute approximate surface area is 217 Å². The standard InChI is InChI=1S/C29H22N2O5S/c32-27(30-14-19-7-5-11-37-19)20-8-2-1-6-18(20)15-31-23-10-4-3-9-21(23)29(28(31)33)16-34-24-13-26-25(12-22(24)29)35-17-36-26/h1-13H,14-17H2,(H,30,32). The highest BCUT2D eigenvalue weighted by molar-refractivity contribution is 7.09. The molecule has 0 saturated heterocycles. The zero-order chi connectivity index (χ0) is 25.0. The van der Waals surface area contributed by atoms with E-state index in [1.165, 1.54) is 0 Å². The van der Waals surface area contributed by atoms with Crippen molar-refractivity contribution in [2.24, 2.45) is 0 Å². The lowest BCUT2D eigenvalue weighted by molar-refractivity contribution is -0.122. The third-order valence-electron chi connectivity index (χ3n) is 7.24. The van der Waals surface area contributed by atoms with Gasteiger partial charge in [0.05, 0.1) is 13.1 Å². The van der Waals surface area contributed by atoms with Crippen LogP contribution in [-0.2, 0) is 23.3 Å². The number of benzene rings is 3. The van der Waals surface area contributed by atoms with Crippen LogP contribution in [0.25, 0.3) is 0 Å². The number of thiophene rings is 1. The summed E-state index contributed by atoms with van der Waals surface area (Å²) in [5.41, 5.74) is 2.82. The molecule has 4 aromatic rings. The van der Waals surface area contributed by atoms with Crippen molar-refractivity contribution in [3.63, 3.8) is 0 Å². The fraction of sp³-hybridized carbons (Fsp3) is 0.172. The first-order valence-electron chi connectivity index (χ1n) is 12.0. The van der Waals surface area contributed by atoms with Crippen LogP contribution in [0.2, 0.25) is 0 Å². The van der Waals surface area contributed by atoms with Gasteiger partial charge in [-0.2, -0.15) is 0 Å². The highest BCUT2D eigenvalue weighted by atomic mass is 32.1. The van der Waals surface area contributed by atoms with Gasteiger partial charge in [-0.05, 0) is 40.8 Å². The minimum absolute atomic E-state index is 0.0832. The van der Waals surface area contributed by atoms with Gasteiger partial charge in [0.25, 0.3) is 5.91 Å². The van der Waals surface area contributed by atoms with E-state index < -0.39 is 5.41 Å². The molecule has 0 radical (unpaired) electrons. The molecule has 1 aromatic heterocycles. The Morgan fingerprint density at radius 3 is 2.59 bits per heavy atom. The number of nitrogens with one attached hydrogen (secondary N) is 1. The first-order valence-corrected chi connectivity index (χ1v) is 12.9. The van der Waals surface area contributed by atoms with Crippen LogP contribution in [0.1, 0.15) is 31.9 Å². The average molecular weight is 511 g/mol. The van der Waals surface area contributed by atoms with Crippen LogP contribution in [0.4, 0.5) is 5.69 Å². The summed E-state index contributed by atoms with van der Waals surface area (Å²) < 4.78 is 17.2. The number of para-hydroxylation sites is 1. The molecule has 0 aliphatic carbocycles. The molecular weight excluding hydrogens is 488 g/mol. The number of carbonyl (C=O) groups excluding carboxylic acids is 2. The number of anilines is 1. The van der Waals surface area contributed by atoms with Crippen molar-refractivity contribution in [3.8, 4) is 17.2 Å². The number of hydrogen-bond donors (Lipinski definition) is 1. The normalized spacial score (nSPS) is 18.6. The van der Waals surface area contributed by atoms with Crippen molar-refractivity contribution >= 4 is 28.8 Å². The van der Waals surface area contributed by atoms with Gasteiger partial charge in [0, 0.05) is 27.8 Å². The summed E-state index contributed by atoms with van der Waals surface area (Å²) in [5.74, 6) is 1.61. The largest absolute Gasteiger partial charge is 0.491 e. The van der Waals surface area contributed by atoms with Crippen LogP contribution in [0, 0.1) is 0 Å². The van der Waals surface area contributed by atoms with E-state index in [0.29, 0.717) is 29.4 Å². The molecule has 37 heavy (non-hydrogen) atoms. The Morgan fingerprint density at radius 1 is 0.919 bits per heavy atom. The highest BCUT2D eigenvalue weighted by Crippen LogP contribution is 2.55. The van der Waals surface area contributed by atoms with E-state index in [1.54, 1.807) is 28.4 Å². The second-order valence-corrected chi connectivity index (χ2v) is 10.3. The zero-order valence-corrected chi connectivity index (χ0v) is 20.5. The molecule has 3 aliphatic rings. The molecule has 1 atom stereocenters. The molecule has 184 valence electrons. The second kappa shape index (κ2) is 8.38. The van der Waals surface area contributed by atoms with Crippen molar-refractivity contribution in [1.82, 2.24) is 5.32 Å². The maximum Gasteiger partial charge on any atom is 0.251 e. The van der Waals surface area contributed by atoms with Crippen molar-refractivity contribution in [2.45, 2.75) is 18.5 Å². The van der Waals surface area contributed by atoms with Gasteiger partial charge in [-0.1, -0.05) is 42.5 Å². The van der Waals surface area contributed by atoms with E-state index in [1.807, 2.05) is 66.0 Å². The van der Waals surface area contributed by atoms with E-state index in [0.717, 1.165) is 27.3 Å². The number of ether oxygens (including phenoxy) is 3. The lowest BCUT2D eigenvalue weighted by atomic mass is 9.77. The summed E-state index contributed by atoms with van der Waals surface area (Å²) in [6, 6.07) is 22.9. The Morgan fingerprint density at radius 2 is 1.73 bits per heavy atom. The van der Waals surface area contributed by atoms with E-state index in [4.69, 9.17) is 14.2 Å². The molecule has 1 spiro atoms. The van der Waals surface area contributed by atoms with Gasteiger partial charge >= 0.3 is 0 Å². The first-order chi connectivity index (χ1) is 18.1. The monoisotopic (exact) mass is 510 g/mol. The molecule has 0 fully saturated rings. The number of hydrogen-bond acceptors (Lipinski definition) is 6. The van der Waals surface area contributed by atoms with Gasteiger partial charge in [0.15, 0.2) is 11.5 Å². The van der Waals surface area contributed by atoms with Crippen LogP contribution in [-0.4, -0.2) is 25.2 Å². The Bertz CT molecular complexity index is 1550. The number of fused-ring (bicyclic) bond motifs is 5. The number of nitrogens with zero attached hydrogens (tertiary/aromatic N) is 1. The van der Waals surface area contributed by atoms with Gasteiger partial charge in [-0.15, -0.1) is 11.3 Å². The fourth-order valence-corrected chi connectivity index (χ4v) is 6.09. The van der Waals surface area contributed by atoms with E-state index in [9.17, 15) is 9.59 Å². The Kier molecular flexibility index (Phi) is 4.97. The molecule has 7 nitrogen and oxygen atoms in total. The maximum atomic E-state index is 14.3. The number of carbonyl (C=O) groups is 2. The predicted molar refractivity (Wildman–Crippen MR) is 138 cm³/mol. The zero-order valence-electron chi connectivity index (χ0n) is 19.7. The van der Waals surface area contributed by atoms with Gasteiger partial charge in [-0.3, -0.25) is 9.59 Å². The highest BCUT2D eigenvalue weighted by Gasteiger charge is 2.57. The molecule has 0 bridgehead atoms. The maximum absolute atomic E-state index is 14.3. The number of amides is 2. The Hall–Kier alpha value is -4.30. The smallest absolute Gasteiger partial charge is 0.251 e. The summed E-state index contributed by atoms with van der Waals surface area (Å²) >= 11 is 1.60. The quantitative estimate of drug-likeness (QED) is 0.424. The predicted octanol–water partition coefficient (Wildman–Crippen LogP) is 4.63. The molecular formula is C29H22N2O5S. The van der Waals surface area contributed by atoms with Gasteiger partial charge in [-0.25, -0.2) is 0 Å². The minimum Gasteiger partial charge on any atom is -0.491 e. The molecule has 3 aromatic carbocycles. The first kappa shape index (κ1) is 21.9. The molecule has 4 heterocycles. The van der Waals surface area contributed by atoms with E-state index >= 15 is 0 Å². The van der Waals surface area contributed by atoms with Gasteiger partial charge in [0.1, 0.15) is 17.8 Å². The lowest BCUT2D eigenvalue weighted by Gasteiger charge is -2.24. The Balaban J connectivity index is 1.24. The average Bonchev–Trinajstić information content (AvgIpc) is 3.72. The summed E-state index contributed by atoms with van der Waals surface area (Å²) in [6.07, 6.45) is 0. The van der Waals surface area contributed by atoms with Crippen molar-refractivity contribution in [3.05, 3.63) is 105 Å². The molecule has 8 heteroatoms.